The van der Waals surface area contributed by atoms with Gasteiger partial charge in [0.05, 0.1) is 6.61 Å². The minimum Gasteiger partial charge on any atom is -0.493 e. The van der Waals surface area contributed by atoms with Crippen molar-refractivity contribution < 1.29 is 4.74 Å². The highest BCUT2D eigenvalue weighted by Gasteiger charge is 2.20. The molecule has 1 heterocycles. The van der Waals surface area contributed by atoms with E-state index in [9.17, 15) is 0 Å². The van der Waals surface area contributed by atoms with Gasteiger partial charge >= 0.3 is 0 Å². The molecular weight excluding hydrogens is 236 g/mol. The van der Waals surface area contributed by atoms with Gasteiger partial charge < -0.3 is 15.4 Å². The van der Waals surface area contributed by atoms with Gasteiger partial charge in [-0.05, 0) is 50.5 Å². The predicted octanol–water partition coefficient (Wildman–Crippen LogP) is 2.53. The number of ether oxygens (including phenoxy) is 1. The summed E-state index contributed by atoms with van der Waals surface area (Å²) < 4.78 is 5.69. The Labute approximate surface area is 116 Å². The molecule has 0 aromatic heterocycles. The van der Waals surface area contributed by atoms with Crippen molar-refractivity contribution in [2.75, 3.05) is 32.8 Å². The second-order valence-corrected chi connectivity index (χ2v) is 5.18. The van der Waals surface area contributed by atoms with Crippen molar-refractivity contribution in [2.24, 2.45) is 0 Å². The Kier molecular flexibility index (Phi) is 6.18. The van der Waals surface area contributed by atoms with E-state index in [2.05, 4.69) is 35.8 Å². The number of para-hydroxylation sites is 1. The molecule has 19 heavy (non-hydrogen) atoms. The molecule has 0 aliphatic carbocycles. The molecule has 0 amide bonds. The van der Waals surface area contributed by atoms with E-state index in [4.69, 9.17) is 4.74 Å². The second kappa shape index (κ2) is 8.18. The van der Waals surface area contributed by atoms with Gasteiger partial charge in [-0.15, -0.1) is 0 Å². The van der Waals surface area contributed by atoms with E-state index in [0.29, 0.717) is 5.92 Å². The molecule has 0 fully saturated rings. The smallest absolute Gasteiger partial charge is 0.122 e. The van der Waals surface area contributed by atoms with Gasteiger partial charge in [-0.25, -0.2) is 0 Å². The molecule has 3 heteroatoms. The van der Waals surface area contributed by atoms with Crippen molar-refractivity contribution in [1.29, 1.82) is 0 Å². The summed E-state index contributed by atoms with van der Waals surface area (Å²) in [5.74, 6) is 1.68. The van der Waals surface area contributed by atoms with Crippen LogP contribution in [-0.4, -0.2) is 32.8 Å². The molecule has 2 rings (SSSR count). The number of benzene rings is 1. The van der Waals surface area contributed by atoms with Crippen molar-refractivity contribution in [2.45, 2.75) is 32.1 Å². The normalized spacial score (nSPS) is 17.8. The van der Waals surface area contributed by atoms with E-state index >= 15 is 0 Å². The molecule has 1 aliphatic rings. The topological polar surface area (TPSA) is 33.3 Å². The molecule has 1 aromatic rings. The average Bonchev–Trinajstić information content (AvgIpc) is 2.46. The van der Waals surface area contributed by atoms with Gasteiger partial charge in [0.2, 0.25) is 0 Å². The summed E-state index contributed by atoms with van der Waals surface area (Å²) in [7, 11) is 0. The van der Waals surface area contributed by atoms with E-state index in [0.717, 1.165) is 45.0 Å². The van der Waals surface area contributed by atoms with E-state index in [1.54, 1.807) is 0 Å². The number of hydrogen-bond donors (Lipinski definition) is 2. The number of rotatable bonds is 8. The van der Waals surface area contributed by atoms with Gasteiger partial charge in [0.1, 0.15) is 5.75 Å². The fourth-order valence-corrected chi connectivity index (χ4v) is 2.54. The third kappa shape index (κ3) is 4.51. The summed E-state index contributed by atoms with van der Waals surface area (Å²) in [5.41, 5.74) is 1.37. The van der Waals surface area contributed by atoms with Crippen LogP contribution >= 0.6 is 0 Å². The van der Waals surface area contributed by atoms with Gasteiger partial charge in [-0.1, -0.05) is 25.1 Å². The summed E-state index contributed by atoms with van der Waals surface area (Å²) >= 11 is 0. The number of hydrogen-bond acceptors (Lipinski definition) is 3. The molecule has 0 saturated heterocycles. The first kappa shape index (κ1) is 14.4. The van der Waals surface area contributed by atoms with E-state index in [-0.39, 0.29) is 0 Å². The standard InChI is InChI=1S/C16H26N2O/c1-2-9-17-10-5-11-18-13-14-8-12-19-16-7-4-3-6-15(14)16/h3-4,6-7,14,17-18H,2,5,8-13H2,1H3. The Balaban J connectivity index is 1.67. The zero-order chi connectivity index (χ0) is 13.3. The lowest BCUT2D eigenvalue weighted by Crippen LogP contribution is -2.28. The fourth-order valence-electron chi connectivity index (χ4n) is 2.54. The summed E-state index contributed by atoms with van der Waals surface area (Å²) in [6.07, 6.45) is 3.54. The first-order valence-corrected chi connectivity index (χ1v) is 7.55. The summed E-state index contributed by atoms with van der Waals surface area (Å²) in [6.45, 7) is 7.46. The average molecular weight is 262 g/mol. The quantitative estimate of drug-likeness (QED) is 0.706. The van der Waals surface area contributed by atoms with E-state index < -0.39 is 0 Å². The molecule has 1 atom stereocenters. The van der Waals surface area contributed by atoms with Gasteiger partial charge in [-0.3, -0.25) is 0 Å². The summed E-state index contributed by atoms with van der Waals surface area (Å²) in [5, 5.41) is 7.01. The fraction of sp³-hybridized carbons (Fsp3) is 0.625. The maximum atomic E-state index is 5.69. The lowest BCUT2D eigenvalue weighted by atomic mass is 9.93. The Morgan fingerprint density at radius 1 is 1.16 bits per heavy atom. The van der Waals surface area contributed by atoms with Crippen molar-refractivity contribution in [3.63, 3.8) is 0 Å². The molecule has 0 spiro atoms. The molecule has 0 bridgehead atoms. The van der Waals surface area contributed by atoms with Crippen LogP contribution in [0.15, 0.2) is 24.3 Å². The number of nitrogens with one attached hydrogen (secondary N) is 2. The highest BCUT2D eigenvalue weighted by molar-refractivity contribution is 5.37. The van der Waals surface area contributed by atoms with Crippen LogP contribution in [0, 0.1) is 0 Å². The highest BCUT2D eigenvalue weighted by atomic mass is 16.5. The molecule has 0 saturated carbocycles. The van der Waals surface area contributed by atoms with Crippen LogP contribution < -0.4 is 15.4 Å². The Morgan fingerprint density at radius 2 is 2.00 bits per heavy atom. The van der Waals surface area contributed by atoms with Gasteiger partial charge in [0.15, 0.2) is 0 Å². The SMILES string of the molecule is CCCNCCCNCC1CCOc2ccccc21. The van der Waals surface area contributed by atoms with Crippen LogP contribution in [-0.2, 0) is 0 Å². The van der Waals surface area contributed by atoms with Crippen LogP contribution in [0.2, 0.25) is 0 Å². The Hall–Kier alpha value is -1.06. The molecular formula is C16H26N2O. The van der Waals surface area contributed by atoms with Crippen molar-refractivity contribution in [3.05, 3.63) is 29.8 Å². The Morgan fingerprint density at radius 3 is 2.89 bits per heavy atom. The third-order valence-electron chi connectivity index (χ3n) is 3.61. The zero-order valence-electron chi connectivity index (χ0n) is 12.0. The van der Waals surface area contributed by atoms with E-state index in [1.807, 2.05) is 6.07 Å². The molecule has 0 radical (unpaired) electrons. The van der Waals surface area contributed by atoms with Crippen LogP contribution in [0.5, 0.6) is 5.75 Å². The minimum absolute atomic E-state index is 0.605. The Bertz CT molecular complexity index is 368. The third-order valence-corrected chi connectivity index (χ3v) is 3.61. The van der Waals surface area contributed by atoms with Gasteiger partial charge in [0.25, 0.3) is 0 Å². The second-order valence-electron chi connectivity index (χ2n) is 5.18. The first-order valence-electron chi connectivity index (χ1n) is 7.55. The first-order chi connectivity index (χ1) is 9.42. The van der Waals surface area contributed by atoms with Crippen LogP contribution in [0.25, 0.3) is 0 Å². The molecule has 1 aromatic carbocycles. The van der Waals surface area contributed by atoms with Crippen molar-refractivity contribution >= 4 is 0 Å². The van der Waals surface area contributed by atoms with E-state index in [1.165, 1.54) is 18.4 Å². The van der Waals surface area contributed by atoms with Crippen LogP contribution in [0.4, 0.5) is 0 Å². The minimum atomic E-state index is 0.605. The molecule has 1 aliphatic heterocycles. The van der Waals surface area contributed by atoms with Gasteiger partial charge in [-0.2, -0.15) is 0 Å². The molecule has 3 nitrogen and oxygen atoms in total. The maximum absolute atomic E-state index is 5.69. The van der Waals surface area contributed by atoms with Crippen LogP contribution in [0.1, 0.15) is 37.7 Å². The van der Waals surface area contributed by atoms with Gasteiger partial charge in [0, 0.05) is 12.5 Å². The highest BCUT2D eigenvalue weighted by Crippen LogP contribution is 2.32. The van der Waals surface area contributed by atoms with Crippen molar-refractivity contribution in [3.8, 4) is 5.75 Å². The molecule has 106 valence electrons. The molecule has 2 N–H and O–H groups in total. The van der Waals surface area contributed by atoms with Crippen LogP contribution in [0.3, 0.4) is 0 Å². The lowest BCUT2D eigenvalue weighted by molar-refractivity contribution is 0.264. The van der Waals surface area contributed by atoms with Crippen molar-refractivity contribution in [1.82, 2.24) is 10.6 Å². The molecule has 1 unspecified atom stereocenters. The number of fused-ring (bicyclic) bond motifs is 1. The predicted molar refractivity (Wildman–Crippen MR) is 79.9 cm³/mol. The summed E-state index contributed by atoms with van der Waals surface area (Å²) in [4.78, 5) is 0. The maximum Gasteiger partial charge on any atom is 0.122 e. The largest absolute Gasteiger partial charge is 0.493 e. The monoisotopic (exact) mass is 262 g/mol. The zero-order valence-corrected chi connectivity index (χ0v) is 12.0. The summed E-state index contributed by atoms with van der Waals surface area (Å²) in [6, 6.07) is 8.43. The lowest BCUT2D eigenvalue weighted by Gasteiger charge is -2.26.